The minimum atomic E-state index is -2.32. The number of aliphatic hydroxyl groups is 1. The lowest BCUT2D eigenvalue weighted by molar-refractivity contribution is -0.285. The van der Waals surface area contributed by atoms with Crippen LogP contribution in [0.3, 0.4) is 0 Å². The molecule has 1 aromatic carbocycles. The monoisotopic (exact) mass is 696 g/mol. The molecule has 1 aliphatic carbocycles. The Kier molecular flexibility index (Phi) is 10.9. The summed E-state index contributed by atoms with van der Waals surface area (Å²) in [6.07, 6.45) is 1.08. The standard InChI is InChI=1S/C38H48O12/c1-11-21(2)33(42)48-31-32(46-25(6)40)38(44)35(8,9)18-17-22(3)30(45-24(5)39)37(49-26(7)41)19-23(4)29(28(37)20-36(31,10)50-38)47-34(43)27-15-13-12-14-16-27/h11-18,20,22-23,29-32,44H,19H2,1-10H3/b18-17+,21-11+,28-20+/t22-,23-,29+,30+,31-,32+,36+,37-,38+/m0/s1. The average molecular weight is 697 g/mol. The Bertz CT molecular complexity index is 1610. The van der Waals surface area contributed by atoms with E-state index in [1.54, 1.807) is 90.1 Å². The molecule has 9 atom stereocenters. The summed E-state index contributed by atoms with van der Waals surface area (Å²) < 4.78 is 36.7. The topological polar surface area (TPSA) is 161 Å². The summed E-state index contributed by atoms with van der Waals surface area (Å²) in [4.78, 5) is 65.4. The first-order chi connectivity index (χ1) is 23.2. The second-order valence-corrected chi connectivity index (χ2v) is 14.2. The Balaban J connectivity index is 2.11. The van der Waals surface area contributed by atoms with Crippen LogP contribution in [0.25, 0.3) is 0 Å². The van der Waals surface area contributed by atoms with Crippen molar-refractivity contribution in [3.63, 3.8) is 0 Å². The van der Waals surface area contributed by atoms with Crippen molar-refractivity contribution < 1.29 is 57.5 Å². The summed E-state index contributed by atoms with van der Waals surface area (Å²) in [5, 5.41) is 12.5. The molecule has 0 unspecified atom stereocenters. The van der Waals surface area contributed by atoms with Gasteiger partial charge >= 0.3 is 29.8 Å². The van der Waals surface area contributed by atoms with Crippen LogP contribution < -0.4 is 0 Å². The first kappa shape index (κ1) is 38.5. The lowest BCUT2D eigenvalue weighted by atomic mass is 9.75. The van der Waals surface area contributed by atoms with Gasteiger partial charge in [0.05, 0.1) is 5.56 Å². The fraction of sp³-hybridized carbons (Fsp3) is 0.553. The summed E-state index contributed by atoms with van der Waals surface area (Å²) in [6, 6.07) is 8.31. The van der Waals surface area contributed by atoms with Gasteiger partial charge in [-0.15, -0.1) is 0 Å². The molecule has 2 bridgehead atoms. The molecule has 1 N–H and O–H groups in total. The van der Waals surface area contributed by atoms with E-state index < -0.39 is 88.5 Å². The molecule has 2 aliphatic heterocycles. The highest BCUT2D eigenvalue weighted by Crippen LogP contribution is 2.55. The predicted octanol–water partition coefficient (Wildman–Crippen LogP) is 4.93. The second-order valence-electron chi connectivity index (χ2n) is 14.2. The average Bonchev–Trinajstić information content (AvgIpc) is 3.39. The molecular weight excluding hydrogens is 648 g/mol. The van der Waals surface area contributed by atoms with Crippen LogP contribution in [0.1, 0.15) is 86.0 Å². The van der Waals surface area contributed by atoms with Crippen LogP contribution in [-0.2, 0) is 47.6 Å². The Morgan fingerprint density at radius 2 is 1.44 bits per heavy atom. The highest BCUT2D eigenvalue weighted by Gasteiger charge is 2.70. The second kappa shape index (κ2) is 14.1. The van der Waals surface area contributed by atoms with Crippen LogP contribution in [0.5, 0.6) is 0 Å². The molecule has 2 heterocycles. The van der Waals surface area contributed by atoms with Gasteiger partial charge in [0.2, 0.25) is 5.79 Å². The molecule has 1 aromatic rings. The number of ether oxygens (including phenoxy) is 6. The SMILES string of the molecule is C/C=C(\C)C(=O)O[C@H]1[C@@H](OC(C)=O)[C@@]2(O)O[C@]1(C)/C=C1\[C@H](OC(=O)c3ccccc3)[C@@H](C)C[C@@]1(OC(C)=O)[C@H](OC(C)=O)[C@@H](C)/C=C/C2(C)C. The normalized spacial score (nSPS) is 36.4. The van der Waals surface area contributed by atoms with Gasteiger partial charge in [0.1, 0.15) is 11.7 Å². The fourth-order valence-corrected chi connectivity index (χ4v) is 7.21. The van der Waals surface area contributed by atoms with Gasteiger partial charge in [0.15, 0.2) is 23.9 Å². The molecule has 12 heteroatoms. The fourth-order valence-electron chi connectivity index (χ4n) is 7.21. The van der Waals surface area contributed by atoms with E-state index in [0.717, 1.165) is 6.92 Å². The Hall–Kier alpha value is -4.29. The molecule has 0 aromatic heterocycles. The molecule has 50 heavy (non-hydrogen) atoms. The maximum absolute atomic E-state index is 13.6. The van der Waals surface area contributed by atoms with Crippen molar-refractivity contribution in [1.29, 1.82) is 0 Å². The number of carbonyl (C=O) groups excluding carboxylic acids is 5. The van der Waals surface area contributed by atoms with Crippen molar-refractivity contribution in [1.82, 2.24) is 0 Å². The van der Waals surface area contributed by atoms with E-state index in [1.165, 1.54) is 26.8 Å². The smallest absolute Gasteiger partial charge is 0.338 e. The molecule has 0 amide bonds. The molecule has 272 valence electrons. The molecule has 0 spiro atoms. The van der Waals surface area contributed by atoms with Crippen molar-refractivity contribution in [3.05, 3.63) is 71.3 Å². The minimum Gasteiger partial charge on any atom is -0.457 e. The third kappa shape index (κ3) is 7.14. The molecule has 2 fully saturated rings. The van der Waals surface area contributed by atoms with E-state index in [0.29, 0.717) is 0 Å². The Morgan fingerprint density at radius 1 is 0.840 bits per heavy atom. The van der Waals surface area contributed by atoms with Gasteiger partial charge < -0.3 is 33.5 Å². The molecule has 1 saturated heterocycles. The van der Waals surface area contributed by atoms with Crippen LogP contribution in [0.4, 0.5) is 0 Å². The van der Waals surface area contributed by atoms with Gasteiger partial charge in [0, 0.05) is 55.6 Å². The predicted molar refractivity (Wildman–Crippen MR) is 179 cm³/mol. The largest absolute Gasteiger partial charge is 0.457 e. The van der Waals surface area contributed by atoms with E-state index >= 15 is 0 Å². The van der Waals surface area contributed by atoms with Crippen LogP contribution in [0, 0.1) is 17.3 Å². The van der Waals surface area contributed by atoms with E-state index in [4.69, 9.17) is 28.4 Å². The van der Waals surface area contributed by atoms with Gasteiger partial charge in [0.25, 0.3) is 0 Å². The number of rotatable bonds is 7. The van der Waals surface area contributed by atoms with Crippen LogP contribution >= 0.6 is 0 Å². The van der Waals surface area contributed by atoms with Crippen molar-refractivity contribution in [3.8, 4) is 0 Å². The maximum Gasteiger partial charge on any atom is 0.338 e. The van der Waals surface area contributed by atoms with E-state index in [1.807, 2.05) is 0 Å². The van der Waals surface area contributed by atoms with Crippen LogP contribution in [0.2, 0.25) is 0 Å². The molecule has 1 saturated carbocycles. The highest BCUT2D eigenvalue weighted by atomic mass is 16.7. The Morgan fingerprint density at radius 3 is 2.00 bits per heavy atom. The molecular formula is C38H48O12. The number of esters is 5. The summed E-state index contributed by atoms with van der Waals surface area (Å²) in [6.45, 7) is 15.2. The number of allylic oxidation sites excluding steroid dienone is 1. The third-order valence-electron chi connectivity index (χ3n) is 9.80. The van der Waals surface area contributed by atoms with Crippen molar-refractivity contribution in [2.45, 2.75) is 117 Å². The lowest BCUT2D eigenvalue weighted by Crippen LogP contribution is -2.56. The molecule has 12 nitrogen and oxygen atoms in total. The molecule has 3 aliphatic rings. The van der Waals surface area contributed by atoms with Gasteiger partial charge in [-0.1, -0.05) is 64.1 Å². The van der Waals surface area contributed by atoms with E-state index in [2.05, 4.69) is 0 Å². The summed E-state index contributed by atoms with van der Waals surface area (Å²) in [5.41, 5.74) is -4.25. The third-order valence-corrected chi connectivity index (χ3v) is 9.80. The summed E-state index contributed by atoms with van der Waals surface area (Å²) >= 11 is 0. The zero-order valence-corrected chi connectivity index (χ0v) is 30.3. The summed E-state index contributed by atoms with van der Waals surface area (Å²) in [5.74, 6) is -7.08. The van der Waals surface area contributed by atoms with Crippen molar-refractivity contribution in [2.75, 3.05) is 0 Å². The number of fused-ring (bicyclic) bond motifs is 3. The van der Waals surface area contributed by atoms with E-state index in [9.17, 15) is 29.1 Å². The number of carbonyl (C=O) groups is 5. The summed E-state index contributed by atoms with van der Waals surface area (Å²) in [7, 11) is 0. The molecule has 4 rings (SSSR count). The van der Waals surface area contributed by atoms with Crippen LogP contribution in [0.15, 0.2) is 65.8 Å². The van der Waals surface area contributed by atoms with Crippen LogP contribution in [-0.4, -0.2) is 76.4 Å². The maximum atomic E-state index is 13.6. The number of benzene rings is 1. The van der Waals surface area contributed by atoms with Gasteiger partial charge in [-0.3, -0.25) is 14.4 Å². The Labute approximate surface area is 292 Å². The molecule has 0 radical (unpaired) electrons. The number of hydrogen-bond acceptors (Lipinski definition) is 12. The first-order valence-electron chi connectivity index (χ1n) is 16.7. The quantitative estimate of drug-likeness (QED) is 0.177. The van der Waals surface area contributed by atoms with Crippen molar-refractivity contribution >= 4 is 29.8 Å². The van der Waals surface area contributed by atoms with Gasteiger partial charge in [-0.25, -0.2) is 9.59 Å². The lowest BCUT2D eigenvalue weighted by Gasteiger charge is -2.41. The minimum absolute atomic E-state index is 0.0422. The van der Waals surface area contributed by atoms with Crippen molar-refractivity contribution in [2.24, 2.45) is 17.3 Å². The highest BCUT2D eigenvalue weighted by molar-refractivity contribution is 5.90. The first-order valence-corrected chi connectivity index (χ1v) is 16.7. The zero-order chi connectivity index (χ0) is 37.4. The van der Waals surface area contributed by atoms with Gasteiger partial charge in [-0.05, 0) is 39.0 Å². The zero-order valence-electron chi connectivity index (χ0n) is 30.3. The number of hydrogen-bond donors (Lipinski definition) is 1. The van der Waals surface area contributed by atoms with Gasteiger partial charge in [-0.2, -0.15) is 0 Å². The van der Waals surface area contributed by atoms with E-state index in [-0.39, 0.29) is 23.1 Å².